The molecule has 0 unspecified atom stereocenters. The highest BCUT2D eigenvalue weighted by Crippen LogP contribution is 2.32. The molecule has 1 N–H and O–H groups in total. The Bertz CT molecular complexity index is 1290. The van der Waals surface area contributed by atoms with Crippen molar-refractivity contribution < 1.29 is 14.3 Å². The summed E-state index contributed by atoms with van der Waals surface area (Å²) in [6, 6.07) is 3.74. The molecule has 10 nitrogen and oxygen atoms in total. The Kier molecular flexibility index (Phi) is 5.73. The third kappa shape index (κ3) is 4.41. The lowest BCUT2D eigenvalue weighted by molar-refractivity contribution is 0.0243. The maximum Gasteiger partial charge on any atom is 0.254 e. The molecule has 0 bridgehead atoms. The lowest BCUT2D eigenvalue weighted by atomic mass is 10.1. The average molecular weight is 468 g/mol. The van der Waals surface area contributed by atoms with Crippen LogP contribution in [0.3, 0.4) is 0 Å². The zero-order valence-electron chi connectivity index (χ0n) is 18.7. The van der Waals surface area contributed by atoms with Crippen LogP contribution in [0.5, 0.6) is 5.88 Å². The zero-order valence-corrected chi connectivity index (χ0v) is 19.5. The molecule has 4 aromatic rings. The Hall–Kier alpha value is -3.44. The van der Waals surface area contributed by atoms with Crippen molar-refractivity contribution in [2.75, 3.05) is 32.6 Å². The van der Waals surface area contributed by atoms with Crippen LogP contribution in [0.25, 0.3) is 16.7 Å². The van der Waals surface area contributed by atoms with E-state index in [1.54, 1.807) is 35.9 Å². The number of carbonyl (C=O) groups excluding carboxylic acids is 1. The normalized spacial score (nSPS) is 14.5. The quantitative estimate of drug-likeness (QED) is 0.465. The van der Waals surface area contributed by atoms with Crippen LogP contribution in [0.2, 0.25) is 0 Å². The Morgan fingerprint density at radius 1 is 1.30 bits per heavy atom. The minimum atomic E-state index is -0.0484. The molecule has 1 fully saturated rings. The summed E-state index contributed by atoms with van der Waals surface area (Å²) in [6.07, 6.45) is 7.30. The smallest absolute Gasteiger partial charge is 0.254 e. The maximum atomic E-state index is 12.2. The summed E-state index contributed by atoms with van der Waals surface area (Å²) in [5.41, 5.74) is 3.06. The van der Waals surface area contributed by atoms with Crippen LogP contribution in [0.4, 0.5) is 10.9 Å². The molecular formula is C22H25N7O3S. The van der Waals surface area contributed by atoms with Gasteiger partial charge in [-0.1, -0.05) is 0 Å². The number of thiophene rings is 1. The molecule has 5 heterocycles. The molecule has 0 saturated carbocycles. The second kappa shape index (κ2) is 8.83. The molecule has 172 valence electrons. The fourth-order valence-electron chi connectivity index (χ4n) is 3.73. The second-order valence-corrected chi connectivity index (χ2v) is 9.01. The first-order valence-corrected chi connectivity index (χ1v) is 11.6. The number of hydrogen-bond donors (Lipinski definition) is 1. The van der Waals surface area contributed by atoms with Crippen LogP contribution >= 0.6 is 11.3 Å². The highest BCUT2D eigenvalue weighted by molar-refractivity contribution is 7.14. The third-order valence-electron chi connectivity index (χ3n) is 5.41. The SMILES string of the molecule is CN(C)C(=O)c1csc(Nc2nc(OC3CCOCC3)c3c(ccn3-c3cnn(C)c3)n2)c1. The summed E-state index contributed by atoms with van der Waals surface area (Å²) in [5, 5.41) is 10.1. The van der Waals surface area contributed by atoms with Crippen molar-refractivity contribution in [1.29, 1.82) is 0 Å². The van der Waals surface area contributed by atoms with Crippen LogP contribution in [-0.2, 0) is 11.8 Å². The monoisotopic (exact) mass is 467 g/mol. The molecule has 0 aliphatic carbocycles. The van der Waals surface area contributed by atoms with E-state index in [0.29, 0.717) is 30.6 Å². The predicted molar refractivity (Wildman–Crippen MR) is 126 cm³/mol. The molecule has 0 aromatic carbocycles. The van der Waals surface area contributed by atoms with Gasteiger partial charge in [-0.3, -0.25) is 9.48 Å². The van der Waals surface area contributed by atoms with Gasteiger partial charge in [0.2, 0.25) is 11.8 Å². The van der Waals surface area contributed by atoms with E-state index in [1.165, 1.54) is 11.3 Å². The zero-order chi connectivity index (χ0) is 22.9. The Labute approximate surface area is 194 Å². The number of carbonyl (C=O) groups is 1. The van der Waals surface area contributed by atoms with Crippen molar-refractivity contribution >= 4 is 39.2 Å². The van der Waals surface area contributed by atoms with E-state index in [4.69, 9.17) is 19.4 Å². The first-order valence-electron chi connectivity index (χ1n) is 10.7. The maximum absolute atomic E-state index is 12.2. The number of nitrogens with one attached hydrogen (secondary N) is 1. The highest BCUT2D eigenvalue weighted by Gasteiger charge is 2.22. The molecule has 5 rings (SSSR count). The largest absolute Gasteiger partial charge is 0.473 e. The van der Waals surface area contributed by atoms with Gasteiger partial charge in [-0.15, -0.1) is 11.3 Å². The molecule has 33 heavy (non-hydrogen) atoms. The molecule has 11 heteroatoms. The van der Waals surface area contributed by atoms with Crippen LogP contribution in [0.15, 0.2) is 36.1 Å². The van der Waals surface area contributed by atoms with Gasteiger partial charge in [0.25, 0.3) is 5.91 Å². The van der Waals surface area contributed by atoms with Gasteiger partial charge in [0, 0.05) is 51.8 Å². The molecule has 0 spiro atoms. The average Bonchev–Trinajstić information content (AvgIpc) is 3.53. The first-order chi connectivity index (χ1) is 16.0. The van der Waals surface area contributed by atoms with Crippen molar-refractivity contribution in [2.24, 2.45) is 7.05 Å². The molecule has 0 atom stereocenters. The van der Waals surface area contributed by atoms with Gasteiger partial charge in [0.05, 0.1) is 41.2 Å². The number of aromatic nitrogens is 5. The number of ether oxygens (including phenoxy) is 2. The van der Waals surface area contributed by atoms with Crippen molar-refractivity contribution in [3.8, 4) is 11.6 Å². The fraction of sp³-hybridized carbons (Fsp3) is 0.364. The molecule has 1 aliphatic rings. The lowest BCUT2D eigenvalue weighted by Gasteiger charge is -2.23. The summed E-state index contributed by atoms with van der Waals surface area (Å²) in [7, 11) is 5.34. The molecule has 1 aliphatic heterocycles. The highest BCUT2D eigenvalue weighted by atomic mass is 32.1. The standard InChI is InChI=1S/C22H25N7O3S/c1-27(2)21(30)14-10-18(33-13-14)25-22-24-17-4-7-29(15-11-23-28(3)12-15)19(17)20(26-22)32-16-5-8-31-9-6-16/h4,7,10-13,16H,5-6,8-9H2,1-3H3,(H,24,25,26). The van der Waals surface area contributed by atoms with Crippen LogP contribution in [0.1, 0.15) is 23.2 Å². The van der Waals surface area contributed by atoms with Crippen molar-refractivity contribution in [3.63, 3.8) is 0 Å². The summed E-state index contributed by atoms with van der Waals surface area (Å²) in [4.78, 5) is 23.2. The van der Waals surface area contributed by atoms with Gasteiger partial charge in [-0.25, -0.2) is 4.98 Å². The molecule has 0 radical (unpaired) electrons. The summed E-state index contributed by atoms with van der Waals surface area (Å²) >= 11 is 1.43. The molecular weight excluding hydrogens is 442 g/mol. The number of anilines is 2. The van der Waals surface area contributed by atoms with Crippen LogP contribution in [-0.4, -0.2) is 68.5 Å². The van der Waals surface area contributed by atoms with Gasteiger partial charge in [0.15, 0.2) is 0 Å². The Balaban J connectivity index is 1.51. The van der Waals surface area contributed by atoms with E-state index in [2.05, 4.69) is 10.4 Å². The number of amides is 1. The Morgan fingerprint density at radius 2 is 2.12 bits per heavy atom. The number of aryl methyl sites for hydroxylation is 1. The van der Waals surface area contributed by atoms with Crippen molar-refractivity contribution in [3.05, 3.63) is 41.7 Å². The number of hydrogen-bond acceptors (Lipinski definition) is 8. The first kappa shape index (κ1) is 21.4. The van der Waals surface area contributed by atoms with E-state index in [9.17, 15) is 4.79 Å². The van der Waals surface area contributed by atoms with E-state index in [0.717, 1.165) is 34.6 Å². The topological polar surface area (TPSA) is 99.3 Å². The minimum Gasteiger partial charge on any atom is -0.473 e. The number of nitrogens with zero attached hydrogens (tertiary/aromatic N) is 6. The van der Waals surface area contributed by atoms with Crippen molar-refractivity contribution in [1.82, 2.24) is 29.2 Å². The van der Waals surface area contributed by atoms with Crippen molar-refractivity contribution in [2.45, 2.75) is 18.9 Å². The lowest BCUT2D eigenvalue weighted by Crippen LogP contribution is -2.26. The molecule has 4 aromatic heterocycles. The number of rotatable bonds is 6. The minimum absolute atomic E-state index is 0.0213. The molecule has 1 amide bonds. The second-order valence-electron chi connectivity index (χ2n) is 8.10. The number of fused-ring (bicyclic) bond motifs is 1. The van der Waals surface area contributed by atoms with E-state index in [1.807, 2.05) is 35.5 Å². The summed E-state index contributed by atoms with van der Waals surface area (Å²) < 4.78 is 15.6. The fourth-order valence-corrected chi connectivity index (χ4v) is 4.50. The van der Waals surface area contributed by atoms with Gasteiger partial charge in [-0.2, -0.15) is 10.1 Å². The van der Waals surface area contributed by atoms with Gasteiger partial charge in [-0.05, 0) is 12.1 Å². The summed E-state index contributed by atoms with van der Waals surface area (Å²) in [6.45, 7) is 1.34. The van der Waals surface area contributed by atoms with E-state index >= 15 is 0 Å². The van der Waals surface area contributed by atoms with Gasteiger partial charge >= 0.3 is 0 Å². The summed E-state index contributed by atoms with van der Waals surface area (Å²) in [5.74, 6) is 0.872. The Morgan fingerprint density at radius 3 is 2.85 bits per heavy atom. The van der Waals surface area contributed by atoms with E-state index < -0.39 is 0 Å². The van der Waals surface area contributed by atoms with Gasteiger partial charge < -0.3 is 24.3 Å². The van der Waals surface area contributed by atoms with E-state index in [-0.39, 0.29) is 12.0 Å². The third-order valence-corrected chi connectivity index (χ3v) is 6.25. The predicted octanol–water partition coefficient (Wildman–Crippen LogP) is 3.22. The van der Waals surface area contributed by atoms with Gasteiger partial charge in [0.1, 0.15) is 11.6 Å². The molecule has 1 saturated heterocycles. The van der Waals surface area contributed by atoms with Crippen LogP contribution < -0.4 is 10.1 Å². The van der Waals surface area contributed by atoms with Crippen LogP contribution in [0, 0.1) is 0 Å².